The summed E-state index contributed by atoms with van der Waals surface area (Å²) in [6.45, 7) is 29.3. The summed E-state index contributed by atoms with van der Waals surface area (Å²) in [6, 6.07) is 99.1. The highest BCUT2D eigenvalue weighted by atomic mass is 15.2. The van der Waals surface area contributed by atoms with Crippen molar-refractivity contribution in [1.29, 1.82) is 0 Å². The molecule has 430 valence electrons. The number of hydrogen-bond acceptors (Lipinski definition) is 3. The molecule has 0 unspecified atom stereocenters. The third-order valence-electron chi connectivity index (χ3n) is 16.9. The second-order valence-corrected chi connectivity index (χ2v) is 27.4. The van der Waals surface area contributed by atoms with Gasteiger partial charge in [-0.25, -0.2) is 0 Å². The Labute approximate surface area is 513 Å². The maximum absolute atomic E-state index is 2.37. The molecular formula is C83H83N3. The number of rotatable bonds is 13. The molecule has 0 aromatic heterocycles. The van der Waals surface area contributed by atoms with Gasteiger partial charge in [-0.15, -0.1) is 0 Å². The monoisotopic (exact) mass is 1120 g/mol. The first-order valence-corrected chi connectivity index (χ1v) is 30.5. The van der Waals surface area contributed by atoms with E-state index in [2.05, 4.69) is 372 Å². The van der Waals surface area contributed by atoms with Crippen molar-refractivity contribution in [3.8, 4) is 44.5 Å². The minimum absolute atomic E-state index is 0.0950. The van der Waals surface area contributed by atoms with Crippen LogP contribution in [0.1, 0.15) is 111 Å². The Morgan fingerprint density at radius 2 is 0.279 bits per heavy atom. The molecule has 0 saturated carbocycles. The number of aryl methyl sites for hydroxylation is 1. The highest BCUT2D eigenvalue weighted by Crippen LogP contribution is 2.44. The van der Waals surface area contributed by atoms with Crippen LogP contribution in [-0.2, 0) is 21.7 Å². The summed E-state index contributed by atoms with van der Waals surface area (Å²) in [4.78, 5) is 7.10. The van der Waals surface area contributed by atoms with E-state index < -0.39 is 0 Å². The Kier molecular flexibility index (Phi) is 16.1. The first kappa shape index (κ1) is 58.6. The Morgan fingerprint density at radius 3 is 0.419 bits per heavy atom. The van der Waals surface area contributed by atoms with Gasteiger partial charge in [0.2, 0.25) is 0 Å². The van der Waals surface area contributed by atoms with Gasteiger partial charge < -0.3 is 14.7 Å². The number of hydrogen-bond donors (Lipinski definition) is 0. The molecule has 3 heteroatoms. The molecule has 3 nitrogen and oxygen atoms in total. The first-order chi connectivity index (χ1) is 41.0. The van der Waals surface area contributed by atoms with E-state index >= 15 is 0 Å². The highest BCUT2D eigenvalue weighted by molar-refractivity contribution is 5.85. The fraction of sp³-hybridized carbons (Fsp3) is 0.205. The topological polar surface area (TPSA) is 9.72 Å². The van der Waals surface area contributed by atoms with Crippen LogP contribution in [0.4, 0.5) is 51.2 Å². The molecule has 0 aliphatic heterocycles. The van der Waals surface area contributed by atoms with Gasteiger partial charge in [0.1, 0.15) is 0 Å². The lowest BCUT2D eigenvalue weighted by Crippen LogP contribution is -2.13. The Morgan fingerprint density at radius 1 is 0.163 bits per heavy atom. The van der Waals surface area contributed by atoms with Gasteiger partial charge in [0.05, 0.1) is 0 Å². The van der Waals surface area contributed by atoms with Crippen LogP contribution in [-0.4, -0.2) is 0 Å². The lowest BCUT2D eigenvalue weighted by molar-refractivity contribution is 0.590. The van der Waals surface area contributed by atoms with Crippen LogP contribution in [0, 0.1) is 6.92 Å². The zero-order valence-corrected chi connectivity index (χ0v) is 52.7. The minimum atomic E-state index is 0.0950. The number of nitrogens with zero attached hydrogens (tertiary/aromatic N) is 3. The van der Waals surface area contributed by atoms with Gasteiger partial charge in [-0.1, -0.05) is 246 Å². The Hall–Kier alpha value is -9.18. The van der Waals surface area contributed by atoms with Crippen LogP contribution in [0.3, 0.4) is 0 Å². The molecule has 0 atom stereocenters. The average molecular weight is 1120 g/mol. The quantitative estimate of drug-likeness (QED) is 0.114. The summed E-state index contributed by atoms with van der Waals surface area (Å²) >= 11 is 0. The van der Waals surface area contributed by atoms with E-state index in [-0.39, 0.29) is 21.7 Å². The molecule has 0 aliphatic carbocycles. The van der Waals surface area contributed by atoms with E-state index in [1.165, 1.54) is 72.3 Å². The maximum Gasteiger partial charge on any atom is 0.0463 e. The predicted molar refractivity (Wildman–Crippen MR) is 372 cm³/mol. The smallest absolute Gasteiger partial charge is 0.0463 e. The van der Waals surface area contributed by atoms with Crippen molar-refractivity contribution >= 4 is 51.2 Å². The molecule has 0 radical (unpaired) electrons. The van der Waals surface area contributed by atoms with Crippen molar-refractivity contribution in [3.05, 3.63) is 295 Å². The fourth-order valence-corrected chi connectivity index (χ4v) is 11.4. The SMILES string of the molecule is Cc1ccc(N(c2ccc(N(c3ccc(-c4ccc(C(C)(C)C)cc4)cc3)c3ccc(-c4ccc(C(C)(C)C)cc4)cc3)cc2)c2ccc(N(c3ccc(-c4ccc(C(C)(C)C)cc4)cc3)c3ccc(-c4ccc(C(C)(C)C)cc4)cc3)cc2)cc1. The molecule has 0 bridgehead atoms. The minimum Gasteiger partial charge on any atom is -0.311 e. The van der Waals surface area contributed by atoms with Crippen molar-refractivity contribution < 1.29 is 0 Å². The molecule has 0 aliphatic rings. The van der Waals surface area contributed by atoms with Crippen LogP contribution in [0.5, 0.6) is 0 Å². The molecule has 0 heterocycles. The zero-order chi connectivity index (χ0) is 60.5. The normalized spacial score (nSPS) is 12.0. The van der Waals surface area contributed by atoms with Gasteiger partial charge in [-0.3, -0.25) is 0 Å². The lowest BCUT2D eigenvalue weighted by Gasteiger charge is -2.30. The third-order valence-corrected chi connectivity index (χ3v) is 16.9. The second-order valence-electron chi connectivity index (χ2n) is 27.4. The summed E-state index contributed by atoms with van der Waals surface area (Å²) in [6.07, 6.45) is 0. The van der Waals surface area contributed by atoms with E-state index in [0.29, 0.717) is 0 Å². The highest BCUT2D eigenvalue weighted by Gasteiger charge is 2.22. The van der Waals surface area contributed by atoms with Gasteiger partial charge in [0.15, 0.2) is 0 Å². The first-order valence-electron chi connectivity index (χ1n) is 30.5. The molecule has 0 saturated heterocycles. The molecule has 0 fully saturated rings. The molecule has 0 amide bonds. The van der Waals surface area contributed by atoms with Crippen LogP contribution in [0.2, 0.25) is 0 Å². The Balaban J connectivity index is 0.942. The van der Waals surface area contributed by atoms with E-state index in [0.717, 1.165) is 51.2 Å². The number of anilines is 9. The Bertz CT molecular complexity index is 3570. The maximum atomic E-state index is 2.37. The summed E-state index contributed by atoms with van der Waals surface area (Å²) < 4.78 is 0. The van der Waals surface area contributed by atoms with Crippen molar-refractivity contribution in [2.24, 2.45) is 0 Å². The third kappa shape index (κ3) is 13.0. The largest absolute Gasteiger partial charge is 0.311 e. The fourth-order valence-electron chi connectivity index (χ4n) is 11.4. The summed E-state index contributed by atoms with van der Waals surface area (Å²) in [5, 5.41) is 0. The van der Waals surface area contributed by atoms with Crippen LogP contribution >= 0.6 is 0 Å². The second kappa shape index (κ2) is 23.7. The van der Waals surface area contributed by atoms with Crippen LogP contribution in [0.15, 0.2) is 267 Å². The molecule has 86 heavy (non-hydrogen) atoms. The molecule has 11 aromatic carbocycles. The molecule has 0 spiro atoms. The van der Waals surface area contributed by atoms with E-state index in [9.17, 15) is 0 Å². The zero-order valence-electron chi connectivity index (χ0n) is 52.7. The van der Waals surface area contributed by atoms with Gasteiger partial charge >= 0.3 is 0 Å². The average Bonchev–Trinajstić information content (AvgIpc) is 2.11. The van der Waals surface area contributed by atoms with E-state index in [4.69, 9.17) is 0 Å². The predicted octanol–water partition coefficient (Wildman–Crippen LogP) is 24.3. The van der Waals surface area contributed by atoms with Crippen molar-refractivity contribution in [1.82, 2.24) is 0 Å². The lowest BCUT2D eigenvalue weighted by atomic mass is 9.86. The van der Waals surface area contributed by atoms with Crippen molar-refractivity contribution in [2.75, 3.05) is 14.7 Å². The van der Waals surface area contributed by atoms with Crippen molar-refractivity contribution in [2.45, 2.75) is 112 Å². The number of benzene rings is 11. The van der Waals surface area contributed by atoms with Gasteiger partial charge in [0.25, 0.3) is 0 Å². The van der Waals surface area contributed by atoms with Gasteiger partial charge in [0, 0.05) is 51.2 Å². The van der Waals surface area contributed by atoms with Gasteiger partial charge in [-0.05, 0) is 205 Å². The summed E-state index contributed by atoms with van der Waals surface area (Å²) in [5.41, 5.74) is 26.2. The summed E-state index contributed by atoms with van der Waals surface area (Å²) in [5.74, 6) is 0. The van der Waals surface area contributed by atoms with E-state index in [1.807, 2.05) is 0 Å². The molecular weight excluding hydrogens is 1040 g/mol. The van der Waals surface area contributed by atoms with Crippen molar-refractivity contribution in [3.63, 3.8) is 0 Å². The molecule has 11 rings (SSSR count). The van der Waals surface area contributed by atoms with Gasteiger partial charge in [-0.2, -0.15) is 0 Å². The standard InChI is InChI=1S/C83H83N3/c1-58-14-40-71(41-15-58)84(76-50-54-78(55-51-76)85(72-42-24-63(25-43-72)59-16-32-67(33-17-59)80(2,3)4)73-44-26-64(27-45-73)60-18-34-68(35-19-60)81(5,6)7)77-52-56-79(57-53-77)86(74-46-28-65(29-47-74)61-20-36-69(37-21-61)82(8,9)10)75-48-30-66(31-49-75)62-22-38-70(39-23-62)83(11,12)13/h14-57H,1-13H3. The summed E-state index contributed by atoms with van der Waals surface area (Å²) in [7, 11) is 0. The molecule has 0 N–H and O–H groups in total. The van der Waals surface area contributed by atoms with E-state index in [1.54, 1.807) is 0 Å². The van der Waals surface area contributed by atoms with Crippen LogP contribution in [0.25, 0.3) is 44.5 Å². The molecule has 11 aromatic rings. The van der Waals surface area contributed by atoms with Crippen LogP contribution < -0.4 is 14.7 Å².